The zero-order valence-electron chi connectivity index (χ0n) is 9.04. The minimum atomic E-state index is 0.833. The predicted octanol–water partition coefficient (Wildman–Crippen LogP) is 2.10. The minimum Gasteiger partial charge on any atom is -0.316 e. The van der Waals surface area contributed by atoms with E-state index >= 15 is 0 Å². The Labute approximate surface area is 89.5 Å². The summed E-state index contributed by atoms with van der Waals surface area (Å²) >= 11 is 0. The summed E-state index contributed by atoms with van der Waals surface area (Å²) in [4.78, 5) is 0. The molecule has 0 aliphatic rings. The van der Waals surface area contributed by atoms with E-state index in [0.29, 0.717) is 0 Å². The van der Waals surface area contributed by atoms with E-state index in [9.17, 15) is 0 Å². The summed E-state index contributed by atoms with van der Waals surface area (Å²) in [7, 11) is 1.94. The van der Waals surface area contributed by atoms with Crippen molar-refractivity contribution in [2.75, 3.05) is 7.05 Å². The van der Waals surface area contributed by atoms with Crippen LogP contribution in [0.4, 0.5) is 0 Å². The first-order valence-corrected chi connectivity index (χ1v) is 5.05. The van der Waals surface area contributed by atoms with E-state index in [0.717, 1.165) is 12.2 Å². The Bertz CT molecular complexity index is 446. The van der Waals surface area contributed by atoms with E-state index in [2.05, 4.69) is 34.6 Å². The van der Waals surface area contributed by atoms with E-state index in [1.54, 1.807) is 0 Å². The number of benzene rings is 1. The van der Waals surface area contributed by atoms with Crippen molar-refractivity contribution < 1.29 is 0 Å². The summed E-state index contributed by atoms with van der Waals surface area (Å²) in [6.45, 7) is 2.94. The molecule has 1 aromatic heterocycles. The van der Waals surface area contributed by atoms with Crippen LogP contribution in [0.5, 0.6) is 0 Å². The Morgan fingerprint density at radius 2 is 2.13 bits per heavy atom. The second-order valence-corrected chi connectivity index (χ2v) is 3.62. The van der Waals surface area contributed by atoms with Gasteiger partial charge < -0.3 is 5.32 Å². The highest BCUT2D eigenvalue weighted by Crippen LogP contribution is 2.23. The molecule has 3 heteroatoms. The van der Waals surface area contributed by atoms with Crippen LogP contribution in [0.2, 0.25) is 0 Å². The number of rotatable bonds is 3. The molecule has 2 aromatic rings. The number of hydrogen-bond donors (Lipinski definition) is 2. The van der Waals surface area contributed by atoms with E-state index in [1.165, 1.54) is 16.7 Å². The summed E-state index contributed by atoms with van der Waals surface area (Å²) in [6, 6.07) is 8.32. The van der Waals surface area contributed by atoms with Crippen LogP contribution in [-0.2, 0) is 6.54 Å². The topological polar surface area (TPSA) is 40.7 Å². The number of H-pyrrole nitrogens is 1. The first kappa shape index (κ1) is 9.93. The van der Waals surface area contributed by atoms with Crippen molar-refractivity contribution in [1.82, 2.24) is 15.5 Å². The van der Waals surface area contributed by atoms with Gasteiger partial charge in [-0.1, -0.05) is 24.3 Å². The molecule has 0 fully saturated rings. The number of aromatic nitrogens is 2. The van der Waals surface area contributed by atoms with Crippen molar-refractivity contribution in [3.05, 3.63) is 41.6 Å². The van der Waals surface area contributed by atoms with Gasteiger partial charge in [0.05, 0.1) is 11.9 Å². The Morgan fingerprint density at radius 1 is 1.33 bits per heavy atom. The molecule has 2 N–H and O–H groups in total. The molecule has 1 aromatic carbocycles. The maximum Gasteiger partial charge on any atom is 0.0697 e. The van der Waals surface area contributed by atoms with Crippen molar-refractivity contribution in [3.8, 4) is 11.3 Å². The largest absolute Gasteiger partial charge is 0.316 e. The van der Waals surface area contributed by atoms with Crippen LogP contribution in [0.25, 0.3) is 11.3 Å². The van der Waals surface area contributed by atoms with Crippen LogP contribution in [0.15, 0.2) is 30.5 Å². The molecule has 0 radical (unpaired) electrons. The lowest BCUT2D eigenvalue weighted by Gasteiger charge is -2.05. The first-order chi connectivity index (χ1) is 7.33. The first-order valence-electron chi connectivity index (χ1n) is 5.05. The number of aryl methyl sites for hydroxylation is 1. The third kappa shape index (κ3) is 1.92. The molecule has 3 nitrogen and oxygen atoms in total. The molecule has 1 heterocycles. The van der Waals surface area contributed by atoms with Crippen LogP contribution >= 0.6 is 0 Å². The van der Waals surface area contributed by atoms with E-state index < -0.39 is 0 Å². The Hall–Kier alpha value is -1.61. The highest BCUT2D eigenvalue weighted by Gasteiger charge is 2.08. The summed E-state index contributed by atoms with van der Waals surface area (Å²) in [5.41, 5.74) is 4.80. The zero-order chi connectivity index (χ0) is 10.7. The van der Waals surface area contributed by atoms with Crippen molar-refractivity contribution >= 4 is 0 Å². The second-order valence-electron chi connectivity index (χ2n) is 3.62. The smallest absolute Gasteiger partial charge is 0.0697 e. The van der Waals surface area contributed by atoms with Gasteiger partial charge in [-0.05, 0) is 19.5 Å². The number of hydrogen-bond acceptors (Lipinski definition) is 2. The van der Waals surface area contributed by atoms with Crippen molar-refractivity contribution in [1.29, 1.82) is 0 Å². The molecule has 0 atom stereocenters. The van der Waals surface area contributed by atoms with Gasteiger partial charge in [0.25, 0.3) is 0 Å². The van der Waals surface area contributed by atoms with E-state index in [4.69, 9.17) is 0 Å². The molecule has 2 rings (SSSR count). The summed E-state index contributed by atoms with van der Waals surface area (Å²) in [6.07, 6.45) is 1.87. The Morgan fingerprint density at radius 3 is 2.87 bits per heavy atom. The highest BCUT2D eigenvalue weighted by molar-refractivity contribution is 5.66. The zero-order valence-corrected chi connectivity index (χ0v) is 9.04. The maximum atomic E-state index is 4.09. The maximum absolute atomic E-state index is 4.09. The number of nitrogens with zero attached hydrogens (tertiary/aromatic N) is 1. The fraction of sp³-hybridized carbons (Fsp3) is 0.250. The summed E-state index contributed by atoms with van der Waals surface area (Å²) < 4.78 is 0. The summed E-state index contributed by atoms with van der Waals surface area (Å²) in [5, 5.41) is 10.3. The standard InChI is InChI=1S/C12H15N3/c1-9-5-3-4-6-11(9)12-10(7-13-2)8-14-15-12/h3-6,8,13H,7H2,1-2H3,(H,14,15). The number of nitrogens with one attached hydrogen (secondary N) is 2. The van der Waals surface area contributed by atoms with Crippen LogP contribution in [0.3, 0.4) is 0 Å². The van der Waals surface area contributed by atoms with Crippen LogP contribution in [-0.4, -0.2) is 17.2 Å². The lowest BCUT2D eigenvalue weighted by Crippen LogP contribution is -2.05. The van der Waals surface area contributed by atoms with Crippen molar-refractivity contribution in [2.24, 2.45) is 0 Å². The Kier molecular flexibility index (Phi) is 2.83. The average Bonchev–Trinajstić information content (AvgIpc) is 2.67. The lowest BCUT2D eigenvalue weighted by atomic mass is 10.0. The van der Waals surface area contributed by atoms with Gasteiger partial charge in [-0.3, -0.25) is 5.10 Å². The van der Waals surface area contributed by atoms with Gasteiger partial charge in [0.1, 0.15) is 0 Å². The normalized spacial score (nSPS) is 10.5. The van der Waals surface area contributed by atoms with Crippen LogP contribution < -0.4 is 5.32 Å². The molecule has 0 saturated heterocycles. The molecule has 0 spiro atoms. The quantitative estimate of drug-likeness (QED) is 0.798. The molecule has 0 aliphatic carbocycles. The van der Waals surface area contributed by atoms with E-state index in [1.807, 2.05) is 25.4 Å². The molecule has 0 aliphatic heterocycles. The fourth-order valence-electron chi connectivity index (χ4n) is 1.72. The minimum absolute atomic E-state index is 0.833. The number of aromatic amines is 1. The van der Waals surface area contributed by atoms with Gasteiger partial charge in [-0.2, -0.15) is 5.10 Å². The van der Waals surface area contributed by atoms with Gasteiger partial charge in [0, 0.05) is 17.7 Å². The second kappa shape index (κ2) is 4.28. The van der Waals surface area contributed by atoms with Gasteiger partial charge in [0.2, 0.25) is 0 Å². The average molecular weight is 201 g/mol. The van der Waals surface area contributed by atoms with Crippen molar-refractivity contribution in [3.63, 3.8) is 0 Å². The molecular formula is C12H15N3. The molecule has 15 heavy (non-hydrogen) atoms. The fourth-order valence-corrected chi connectivity index (χ4v) is 1.72. The highest BCUT2D eigenvalue weighted by atomic mass is 15.1. The molecule has 0 saturated carbocycles. The van der Waals surface area contributed by atoms with Crippen LogP contribution in [0.1, 0.15) is 11.1 Å². The molecule has 0 amide bonds. The van der Waals surface area contributed by atoms with Gasteiger partial charge in [-0.15, -0.1) is 0 Å². The lowest BCUT2D eigenvalue weighted by molar-refractivity contribution is 0.820. The van der Waals surface area contributed by atoms with Gasteiger partial charge >= 0.3 is 0 Å². The third-order valence-electron chi connectivity index (χ3n) is 2.50. The van der Waals surface area contributed by atoms with E-state index in [-0.39, 0.29) is 0 Å². The summed E-state index contributed by atoms with van der Waals surface area (Å²) in [5.74, 6) is 0. The molecule has 78 valence electrons. The van der Waals surface area contributed by atoms with Crippen molar-refractivity contribution in [2.45, 2.75) is 13.5 Å². The third-order valence-corrected chi connectivity index (χ3v) is 2.50. The van der Waals surface area contributed by atoms with Gasteiger partial charge in [0.15, 0.2) is 0 Å². The van der Waals surface area contributed by atoms with Gasteiger partial charge in [-0.25, -0.2) is 0 Å². The SMILES string of the molecule is CNCc1cn[nH]c1-c1ccccc1C. The predicted molar refractivity (Wildman–Crippen MR) is 61.5 cm³/mol. The van der Waals surface area contributed by atoms with Crippen LogP contribution in [0, 0.1) is 6.92 Å². The molecule has 0 bridgehead atoms. The Balaban J connectivity index is 2.45. The molecule has 0 unspecified atom stereocenters. The monoisotopic (exact) mass is 201 g/mol. The molecular weight excluding hydrogens is 186 g/mol.